The van der Waals surface area contributed by atoms with Crippen molar-refractivity contribution in [1.29, 1.82) is 0 Å². The number of carbonyl (C=O) groups excluding carboxylic acids is 1. The Hall–Kier alpha value is -2.08. The first kappa shape index (κ1) is 25.5. The molecule has 0 bridgehead atoms. The molecule has 1 unspecified atom stereocenters. The molecule has 3 rings (SSSR count). The second kappa shape index (κ2) is 11.9. The van der Waals surface area contributed by atoms with Gasteiger partial charge in [-0.25, -0.2) is 23.4 Å². The minimum atomic E-state index is -3.80. The molecule has 0 aliphatic heterocycles. The number of fused-ring (bicyclic) bond motifs is 1. The van der Waals surface area contributed by atoms with E-state index in [1.165, 1.54) is 17.4 Å². The Morgan fingerprint density at radius 2 is 1.94 bits per heavy atom. The SMILES string of the molecule is CCOC(=O)CNS(=O)(=O)c1ccc2nc(CCC(C)CCc3ncc(SC)cn3)sc2c1. The highest BCUT2D eigenvalue weighted by Crippen LogP contribution is 2.27. The Kier molecular flexibility index (Phi) is 9.19. The van der Waals surface area contributed by atoms with E-state index in [4.69, 9.17) is 4.74 Å². The standard InChI is InChI=1S/C22H28N4O4S3/c1-4-30-22(27)14-25-33(28,29)17-7-8-18-19(11-17)32-21(26-18)10-6-15(2)5-9-20-23-12-16(31-3)13-24-20/h7-8,11-13,15,25H,4-6,9-10,14H2,1-3H3. The smallest absolute Gasteiger partial charge is 0.321 e. The van der Waals surface area contributed by atoms with Crippen molar-refractivity contribution in [3.05, 3.63) is 41.4 Å². The molecule has 0 aliphatic rings. The Bertz CT molecular complexity index is 1180. The van der Waals surface area contributed by atoms with E-state index in [2.05, 4.69) is 26.6 Å². The van der Waals surface area contributed by atoms with Crippen molar-refractivity contribution < 1.29 is 17.9 Å². The molecule has 33 heavy (non-hydrogen) atoms. The van der Waals surface area contributed by atoms with Gasteiger partial charge in [-0.1, -0.05) is 6.92 Å². The molecule has 0 saturated carbocycles. The van der Waals surface area contributed by atoms with Crippen LogP contribution in [0.25, 0.3) is 10.2 Å². The van der Waals surface area contributed by atoms with Crippen LogP contribution in [0.15, 0.2) is 40.4 Å². The van der Waals surface area contributed by atoms with E-state index in [-0.39, 0.29) is 11.5 Å². The molecule has 0 spiro atoms. The summed E-state index contributed by atoms with van der Waals surface area (Å²) in [6.45, 7) is 3.69. The number of hydrogen-bond acceptors (Lipinski definition) is 9. The van der Waals surface area contributed by atoms with E-state index in [9.17, 15) is 13.2 Å². The van der Waals surface area contributed by atoms with Crippen LogP contribution < -0.4 is 4.72 Å². The number of carbonyl (C=O) groups is 1. The van der Waals surface area contributed by atoms with Gasteiger partial charge in [0, 0.05) is 23.7 Å². The van der Waals surface area contributed by atoms with E-state index in [1.807, 2.05) is 18.6 Å². The lowest BCUT2D eigenvalue weighted by molar-refractivity contribution is -0.141. The van der Waals surface area contributed by atoms with Crippen molar-refractivity contribution in [2.45, 2.75) is 49.3 Å². The summed E-state index contributed by atoms with van der Waals surface area (Å²) in [5.74, 6) is 0.744. The Morgan fingerprint density at radius 3 is 2.64 bits per heavy atom. The zero-order valence-electron chi connectivity index (χ0n) is 18.9. The molecule has 2 aromatic heterocycles. The summed E-state index contributed by atoms with van der Waals surface area (Å²) in [4.78, 5) is 26.1. The number of benzene rings is 1. The molecule has 11 heteroatoms. The highest BCUT2D eigenvalue weighted by molar-refractivity contribution is 7.98. The van der Waals surface area contributed by atoms with Crippen LogP contribution in [0.1, 0.15) is 37.5 Å². The summed E-state index contributed by atoms with van der Waals surface area (Å²) >= 11 is 3.13. The number of aryl methyl sites for hydroxylation is 2. The van der Waals surface area contributed by atoms with Crippen molar-refractivity contribution in [2.24, 2.45) is 5.92 Å². The molecule has 1 aromatic carbocycles. The summed E-state index contributed by atoms with van der Waals surface area (Å²) in [7, 11) is -3.80. The number of esters is 1. The summed E-state index contributed by atoms with van der Waals surface area (Å²) in [5.41, 5.74) is 0.772. The molecular formula is C22H28N4O4S3. The van der Waals surface area contributed by atoms with Gasteiger partial charge in [-0.3, -0.25) is 4.79 Å². The monoisotopic (exact) mass is 508 g/mol. The normalized spacial score (nSPS) is 12.7. The lowest BCUT2D eigenvalue weighted by Gasteiger charge is -2.09. The first-order chi connectivity index (χ1) is 15.8. The van der Waals surface area contributed by atoms with Crippen LogP contribution in [-0.4, -0.2) is 48.7 Å². The molecule has 2 heterocycles. The van der Waals surface area contributed by atoms with Crippen molar-refractivity contribution in [3.63, 3.8) is 0 Å². The van der Waals surface area contributed by atoms with Gasteiger partial charge in [-0.15, -0.1) is 23.1 Å². The molecule has 0 amide bonds. The third kappa shape index (κ3) is 7.46. The van der Waals surface area contributed by atoms with E-state index < -0.39 is 22.5 Å². The topological polar surface area (TPSA) is 111 Å². The lowest BCUT2D eigenvalue weighted by atomic mass is 10.00. The zero-order valence-corrected chi connectivity index (χ0v) is 21.4. The third-order valence-corrected chi connectivity index (χ3v) is 8.21. The van der Waals surface area contributed by atoms with Gasteiger partial charge >= 0.3 is 5.97 Å². The van der Waals surface area contributed by atoms with Crippen LogP contribution in [-0.2, 0) is 32.4 Å². The van der Waals surface area contributed by atoms with E-state index >= 15 is 0 Å². The van der Waals surface area contributed by atoms with E-state index in [0.717, 1.165) is 51.6 Å². The summed E-state index contributed by atoms with van der Waals surface area (Å²) in [6, 6.07) is 4.81. The second-order valence-corrected chi connectivity index (χ2v) is 11.4. The predicted octanol–water partition coefficient (Wildman–Crippen LogP) is 3.85. The van der Waals surface area contributed by atoms with E-state index in [1.54, 1.807) is 30.8 Å². The number of nitrogens with one attached hydrogen (secondary N) is 1. The van der Waals surface area contributed by atoms with Gasteiger partial charge in [0.05, 0.1) is 26.7 Å². The number of hydrogen-bond donors (Lipinski definition) is 1. The number of thioether (sulfide) groups is 1. The van der Waals surface area contributed by atoms with Crippen molar-refractivity contribution in [2.75, 3.05) is 19.4 Å². The van der Waals surface area contributed by atoms with Crippen LogP contribution in [0.4, 0.5) is 0 Å². The van der Waals surface area contributed by atoms with Gasteiger partial charge in [0.1, 0.15) is 12.4 Å². The fourth-order valence-corrected chi connectivity index (χ4v) is 5.55. The van der Waals surface area contributed by atoms with Gasteiger partial charge < -0.3 is 4.74 Å². The summed E-state index contributed by atoms with van der Waals surface area (Å²) < 4.78 is 32.8. The number of sulfonamides is 1. The third-order valence-electron chi connectivity index (χ3n) is 5.06. The second-order valence-electron chi connectivity index (χ2n) is 7.59. The molecule has 0 radical (unpaired) electrons. The first-order valence-electron chi connectivity index (χ1n) is 10.7. The molecular weight excluding hydrogens is 480 g/mol. The number of rotatable bonds is 12. The maximum Gasteiger partial charge on any atom is 0.321 e. The largest absolute Gasteiger partial charge is 0.465 e. The van der Waals surface area contributed by atoms with Crippen LogP contribution in [0, 0.1) is 5.92 Å². The molecule has 0 aliphatic carbocycles. The highest BCUT2D eigenvalue weighted by atomic mass is 32.2. The van der Waals surface area contributed by atoms with Crippen molar-refractivity contribution >= 4 is 49.3 Å². The van der Waals surface area contributed by atoms with Crippen molar-refractivity contribution in [3.8, 4) is 0 Å². The number of aromatic nitrogens is 3. The fourth-order valence-electron chi connectivity index (χ4n) is 3.14. The fraction of sp³-hybridized carbons (Fsp3) is 0.455. The number of ether oxygens (including phenoxy) is 1. The molecule has 8 nitrogen and oxygen atoms in total. The zero-order chi connectivity index (χ0) is 23.8. The highest BCUT2D eigenvalue weighted by Gasteiger charge is 2.18. The number of thiazole rings is 1. The van der Waals surface area contributed by atoms with Crippen LogP contribution in [0.5, 0.6) is 0 Å². The van der Waals surface area contributed by atoms with Gasteiger partial charge in [0.25, 0.3) is 0 Å². The summed E-state index contributed by atoms with van der Waals surface area (Å²) in [6.07, 6.45) is 9.38. The average molecular weight is 509 g/mol. The molecule has 1 N–H and O–H groups in total. The predicted molar refractivity (Wildman–Crippen MR) is 131 cm³/mol. The molecule has 1 atom stereocenters. The van der Waals surface area contributed by atoms with E-state index in [0.29, 0.717) is 5.92 Å². The quantitative estimate of drug-likeness (QED) is 0.290. The Balaban J connectivity index is 1.55. The first-order valence-corrected chi connectivity index (χ1v) is 14.2. The lowest BCUT2D eigenvalue weighted by Crippen LogP contribution is -2.30. The summed E-state index contributed by atoms with van der Waals surface area (Å²) in [5, 5.41) is 0.978. The average Bonchev–Trinajstić information content (AvgIpc) is 3.23. The van der Waals surface area contributed by atoms with Crippen LogP contribution >= 0.6 is 23.1 Å². The van der Waals surface area contributed by atoms with Gasteiger partial charge in [0.2, 0.25) is 10.0 Å². The Morgan fingerprint density at radius 1 is 1.21 bits per heavy atom. The molecule has 3 aromatic rings. The minimum absolute atomic E-state index is 0.107. The minimum Gasteiger partial charge on any atom is -0.465 e. The van der Waals surface area contributed by atoms with Gasteiger partial charge in [0.15, 0.2) is 0 Å². The number of nitrogens with zero attached hydrogens (tertiary/aromatic N) is 3. The van der Waals surface area contributed by atoms with Crippen LogP contribution in [0.3, 0.4) is 0 Å². The van der Waals surface area contributed by atoms with Crippen molar-refractivity contribution in [1.82, 2.24) is 19.7 Å². The Labute approximate surface area is 202 Å². The van der Waals surface area contributed by atoms with Crippen LogP contribution in [0.2, 0.25) is 0 Å². The maximum atomic E-state index is 12.5. The molecule has 0 fully saturated rings. The molecule has 0 saturated heterocycles. The van der Waals surface area contributed by atoms with Gasteiger partial charge in [-0.2, -0.15) is 4.72 Å². The molecule has 178 valence electrons. The maximum absolute atomic E-state index is 12.5. The van der Waals surface area contributed by atoms with Gasteiger partial charge in [-0.05, 0) is 56.6 Å².